The van der Waals surface area contributed by atoms with E-state index in [0.29, 0.717) is 5.39 Å². The Morgan fingerprint density at radius 3 is 2.57 bits per heavy atom. The van der Waals surface area contributed by atoms with Crippen molar-refractivity contribution in [2.75, 3.05) is 0 Å². The quantitative estimate of drug-likeness (QED) is 0.664. The van der Waals surface area contributed by atoms with Crippen LogP contribution in [0.4, 0.5) is 0 Å². The van der Waals surface area contributed by atoms with Crippen molar-refractivity contribution in [3.05, 3.63) is 87.2 Å². The number of rotatable bonds is 3. The van der Waals surface area contributed by atoms with Gasteiger partial charge in [0.2, 0.25) is 5.56 Å². The Labute approximate surface area is 165 Å². The van der Waals surface area contributed by atoms with Gasteiger partial charge in [0.15, 0.2) is 0 Å². The zero-order valence-electron chi connectivity index (χ0n) is 15.6. The average molecular weight is 374 g/mol. The van der Waals surface area contributed by atoms with Crippen LogP contribution in [0.2, 0.25) is 0 Å². The first-order valence-electron chi connectivity index (χ1n) is 9.32. The van der Waals surface area contributed by atoms with Crippen LogP contribution in [0.25, 0.3) is 27.6 Å². The first-order chi connectivity index (χ1) is 13.1. The molecule has 0 bridgehead atoms. The molecule has 4 nitrogen and oxygen atoms in total. The van der Waals surface area contributed by atoms with E-state index in [-0.39, 0.29) is 18.5 Å². The lowest BCUT2D eigenvalue weighted by atomic mass is 9.99. The van der Waals surface area contributed by atoms with Gasteiger partial charge in [-0.2, -0.15) is 0 Å². The lowest BCUT2D eigenvalue weighted by Crippen LogP contribution is -2.23. The highest BCUT2D eigenvalue weighted by Crippen LogP contribution is 2.28. The predicted octanol–water partition coefficient (Wildman–Crippen LogP) is 4.76. The Hall–Kier alpha value is -3.14. The van der Waals surface area contributed by atoms with Crippen LogP contribution in [0.1, 0.15) is 32.9 Å². The Morgan fingerprint density at radius 1 is 1.07 bits per heavy atom. The predicted molar refractivity (Wildman–Crippen MR) is 118 cm³/mol. The van der Waals surface area contributed by atoms with E-state index in [4.69, 9.17) is 0 Å². The van der Waals surface area contributed by atoms with Crippen LogP contribution in [0, 0.1) is 0 Å². The summed E-state index contributed by atoms with van der Waals surface area (Å²) in [5.41, 5.74) is 3.59. The molecule has 144 valence electrons. The van der Waals surface area contributed by atoms with Crippen molar-refractivity contribution in [1.29, 1.82) is 0 Å². The smallest absolute Gasteiger partial charge is 0.263 e. The first-order valence-corrected chi connectivity index (χ1v) is 9.32. The molecule has 0 saturated carbocycles. The molecule has 0 atom stereocenters. The van der Waals surface area contributed by atoms with Gasteiger partial charge in [0.1, 0.15) is 0 Å². The molecular formula is C24H26N2O2. The molecule has 0 unspecified atom stereocenters. The van der Waals surface area contributed by atoms with E-state index in [1.807, 2.05) is 28.8 Å². The lowest BCUT2D eigenvalue weighted by molar-refractivity contribution is 0.862. The summed E-state index contributed by atoms with van der Waals surface area (Å²) in [7, 11) is 1.72. The number of nitrogens with zero attached hydrogens (tertiary/aromatic N) is 2. The van der Waals surface area contributed by atoms with Crippen molar-refractivity contribution in [2.24, 2.45) is 7.05 Å². The molecule has 28 heavy (non-hydrogen) atoms. The zero-order valence-corrected chi connectivity index (χ0v) is 15.6. The molecule has 0 amide bonds. The third kappa shape index (κ3) is 3.26. The Bertz CT molecular complexity index is 1210. The number of hydrogen-bond donors (Lipinski definition) is 0. The highest BCUT2D eigenvalue weighted by Gasteiger charge is 2.15. The van der Waals surface area contributed by atoms with Crippen molar-refractivity contribution < 1.29 is 0 Å². The van der Waals surface area contributed by atoms with Gasteiger partial charge < -0.3 is 4.57 Å². The molecule has 2 aromatic heterocycles. The third-order valence-corrected chi connectivity index (χ3v) is 5.12. The van der Waals surface area contributed by atoms with Gasteiger partial charge in [-0.15, -0.1) is 0 Å². The monoisotopic (exact) mass is 374 g/mol. The number of pyridine rings is 2. The Kier molecular flexibility index (Phi) is 5.50. The van der Waals surface area contributed by atoms with Gasteiger partial charge in [-0.3, -0.25) is 14.2 Å². The fraction of sp³-hybridized carbons (Fsp3) is 0.250. The molecule has 1 aromatic carbocycles. The molecule has 4 rings (SSSR count). The second-order valence-electron chi connectivity index (χ2n) is 6.88. The molecule has 0 saturated heterocycles. The average Bonchev–Trinajstić information content (AvgIpc) is 2.70. The van der Waals surface area contributed by atoms with Crippen molar-refractivity contribution in [1.82, 2.24) is 9.13 Å². The lowest BCUT2D eigenvalue weighted by Gasteiger charge is -2.17. The van der Waals surface area contributed by atoms with Crippen LogP contribution in [-0.4, -0.2) is 9.13 Å². The molecule has 3 aromatic rings. The van der Waals surface area contributed by atoms with Gasteiger partial charge in [0.05, 0.1) is 5.39 Å². The Morgan fingerprint density at radius 2 is 1.89 bits per heavy atom. The van der Waals surface area contributed by atoms with Gasteiger partial charge in [-0.1, -0.05) is 44.7 Å². The van der Waals surface area contributed by atoms with Gasteiger partial charge in [0, 0.05) is 30.7 Å². The molecule has 4 heteroatoms. The molecule has 0 aliphatic heterocycles. The summed E-state index contributed by atoms with van der Waals surface area (Å²) in [6.45, 7) is 2.07. The third-order valence-electron chi connectivity index (χ3n) is 5.12. The van der Waals surface area contributed by atoms with Gasteiger partial charge >= 0.3 is 0 Å². The molecule has 0 radical (unpaired) electrons. The highest BCUT2D eigenvalue weighted by atomic mass is 16.1. The van der Waals surface area contributed by atoms with Crippen molar-refractivity contribution >= 4 is 16.5 Å². The summed E-state index contributed by atoms with van der Waals surface area (Å²) in [6.07, 6.45) is 10.8. The molecule has 0 fully saturated rings. The maximum Gasteiger partial charge on any atom is 0.263 e. The summed E-state index contributed by atoms with van der Waals surface area (Å²) in [5.74, 6) is 0. The number of aromatic nitrogens is 2. The molecule has 0 N–H and O–H groups in total. The maximum atomic E-state index is 13.6. The van der Waals surface area contributed by atoms with E-state index in [2.05, 4.69) is 25.1 Å². The van der Waals surface area contributed by atoms with Crippen LogP contribution in [0.15, 0.2) is 70.4 Å². The summed E-state index contributed by atoms with van der Waals surface area (Å²) in [5, 5.41) is 1.62. The minimum absolute atomic E-state index is 0. The van der Waals surface area contributed by atoms with E-state index in [0.717, 1.165) is 47.2 Å². The molecular weight excluding hydrogens is 348 g/mol. The van der Waals surface area contributed by atoms with E-state index in [1.54, 1.807) is 29.9 Å². The number of hydrogen-bond acceptors (Lipinski definition) is 2. The van der Waals surface area contributed by atoms with Gasteiger partial charge in [-0.25, -0.2) is 0 Å². The minimum atomic E-state index is -0.0674. The fourth-order valence-corrected chi connectivity index (χ4v) is 3.72. The van der Waals surface area contributed by atoms with E-state index in [1.165, 1.54) is 0 Å². The largest absolute Gasteiger partial charge is 0.318 e. The molecule has 1 aliphatic carbocycles. The molecule has 1 aliphatic rings. The van der Waals surface area contributed by atoms with Crippen LogP contribution in [-0.2, 0) is 13.5 Å². The molecule has 0 spiro atoms. The summed E-state index contributed by atoms with van der Waals surface area (Å²) in [6, 6.07) is 11.3. The SMILES string of the molecule is C.CCc1cc2cccc(-c3ccc(=O)n(C)c3)c2c(=O)n1C1=CCCC=C1. The van der Waals surface area contributed by atoms with Crippen LogP contribution < -0.4 is 11.1 Å². The number of allylic oxidation sites excluding steroid dienone is 4. The summed E-state index contributed by atoms with van der Waals surface area (Å²) in [4.78, 5) is 25.3. The first kappa shape index (κ1) is 19.6. The van der Waals surface area contributed by atoms with E-state index < -0.39 is 0 Å². The maximum absolute atomic E-state index is 13.6. The Balaban J connectivity index is 0.00000225. The number of fused-ring (bicyclic) bond motifs is 1. The van der Waals surface area contributed by atoms with Crippen molar-refractivity contribution in [3.8, 4) is 11.1 Å². The van der Waals surface area contributed by atoms with E-state index in [9.17, 15) is 9.59 Å². The summed E-state index contributed by atoms with van der Waals surface area (Å²) < 4.78 is 3.38. The number of aryl methyl sites for hydroxylation is 2. The van der Waals surface area contributed by atoms with E-state index >= 15 is 0 Å². The summed E-state index contributed by atoms with van der Waals surface area (Å²) >= 11 is 0. The van der Waals surface area contributed by atoms with Crippen LogP contribution in [0.5, 0.6) is 0 Å². The van der Waals surface area contributed by atoms with Gasteiger partial charge in [-0.05, 0) is 54.0 Å². The highest BCUT2D eigenvalue weighted by molar-refractivity contribution is 5.96. The normalized spacial score (nSPS) is 13.3. The van der Waals surface area contributed by atoms with Crippen molar-refractivity contribution in [3.63, 3.8) is 0 Å². The minimum Gasteiger partial charge on any atom is -0.318 e. The van der Waals surface area contributed by atoms with Crippen molar-refractivity contribution in [2.45, 2.75) is 33.6 Å². The fourth-order valence-electron chi connectivity index (χ4n) is 3.72. The number of benzene rings is 1. The van der Waals surface area contributed by atoms with Gasteiger partial charge in [0.25, 0.3) is 5.56 Å². The zero-order chi connectivity index (χ0) is 19.0. The topological polar surface area (TPSA) is 44.0 Å². The second kappa shape index (κ2) is 7.85. The van der Waals surface area contributed by atoms with Crippen LogP contribution >= 0.6 is 0 Å². The molecule has 2 heterocycles. The standard InChI is InChI=1S/C23H22N2O2.CH4/c1-3-18-14-16-8-7-11-20(17-12-13-21(26)24(2)15-17)22(16)23(27)25(18)19-9-5-4-6-10-19;/h5,7-15H,3-4,6H2,1-2H3;1H4. The second-order valence-corrected chi connectivity index (χ2v) is 6.88. The van der Waals surface area contributed by atoms with Crippen LogP contribution in [0.3, 0.4) is 0 Å².